The largest absolute Gasteiger partial charge is 0.250 e. The minimum absolute atomic E-state index is 0.401. The molecule has 6 heteroatoms. The van der Waals surface area contributed by atoms with Gasteiger partial charge in [0.1, 0.15) is 4.21 Å². The topological polar surface area (TPSA) is 46.2 Å². The molecule has 1 aliphatic rings. The number of sulfonamides is 1. The third kappa shape index (κ3) is 3.56. The van der Waals surface area contributed by atoms with Crippen molar-refractivity contribution in [1.29, 1.82) is 0 Å². The van der Waals surface area contributed by atoms with Gasteiger partial charge in [-0.15, -0.1) is 11.3 Å². The Bertz CT molecular complexity index is 485. The van der Waals surface area contributed by atoms with Gasteiger partial charge in [0.15, 0.2) is 0 Å². The molecule has 102 valence electrons. The summed E-state index contributed by atoms with van der Waals surface area (Å²) in [6, 6.07) is 1.71. The van der Waals surface area contributed by atoms with E-state index in [2.05, 4.69) is 20.7 Å². The molecule has 1 aromatic heterocycles. The van der Waals surface area contributed by atoms with E-state index < -0.39 is 10.0 Å². The molecule has 1 N–H and O–H groups in total. The molecule has 1 aromatic rings. The Morgan fingerprint density at radius 2 is 2.11 bits per heavy atom. The summed E-state index contributed by atoms with van der Waals surface area (Å²) in [6.07, 6.45) is 6.07. The van der Waals surface area contributed by atoms with Crippen LogP contribution in [0.2, 0.25) is 0 Å². The third-order valence-corrected chi connectivity index (χ3v) is 7.49. The van der Waals surface area contributed by atoms with E-state index in [1.807, 2.05) is 6.92 Å². The van der Waals surface area contributed by atoms with Crippen molar-refractivity contribution in [3.63, 3.8) is 0 Å². The fourth-order valence-electron chi connectivity index (χ4n) is 2.33. The zero-order chi connectivity index (χ0) is 13.2. The van der Waals surface area contributed by atoms with Crippen LogP contribution in [0.15, 0.2) is 14.1 Å². The molecule has 0 unspecified atom stereocenters. The second-order valence-corrected chi connectivity index (χ2v) is 9.22. The van der Waals surface area contributed by atoms with Crippen molar-refractivity contribution in [1.82, 2.24) is 4.72 Å². The van der Waals surface area contributed by atoms with E-state index in [4.69, 9.17) is 0 Å². The fourth-order valence-corrected chi connectivity index (χ4v) is 5.65. The molecule has 0 amide bonds. The van der Waals surface area contributed by atoms with Crippen LogP contribution in [0.4, 0.5) is 0 Å². The van der Waals surface area contributed by atoms with Gasteiger partial charge in [-0.25, -0.2) is 13.1 Å². The van der Waals surface area contributed by atoms with E-state index in [-0.39, 0.29) is 0 Å². The Labute approximate surface area is 121 Å². The molecule has 1 heterocycles. The molecule has 2 rings (SSSR count). The van der Waals surface area contributed by atoms with Crippen LogP contribution in [0.1, 0.15) is 37.7 Å². The van der Waals surface area contributed by atoms with Gasteiger partial charge >= 0.3 is 0 Å². The van der Waals surface area contributed by atoms with Gasteiger partial charge in [-0.05, 0) is 46.8 Å². The summed E-state index contributed by atoms with van der Waals surface area (Å²) in [5, 5.41) is 0. The molecule has 1 fully saturated rings. The first-order valence-corrected chi connectivity index (χ1v) is 9.34. The normalized spacial score (nSPS) is 17.4. The van der Waals surface area contributed by atoms with E-state index in [1.54, 1.807) is 6.07 Å². The predicted octanol–water partition coefficient (Wildman–Crippen LogP) is 3.68. The highest BCUT2D eigenvalue weighted by Gasteiger charge is 2.19. The van der Waals surface area contributed by atoms with Gasteiger partial charge in [0.25, 0.3) is 0 Å². The van der Waals surface area contributed by atoms with Gasteiger partial charge < -0.3 is 0 Å². The van der Waals surface area contributed by atoms with Crippen molar-refractivity contribution in [2.45, 2.75) is 43.2 Å². The average molecular weight is 352 g/mol. The van der Waals surface area contributed by atoms with E-state index in [1.165, 1.54) is 37.0 Å². The average Bonchev–Trinajstić information content (AvgIpc) is 2.90. The predicted molar refractivity (Wildman–Crippen MR) is 78.5 cm³/mol. The smallest absolute Gasteiger partial charge is 0.210 e. The Morgan fingerprint density at radius 1 is 1.44 bits per heavy atom. The SMILES string of the molecule is Cc1cc(S(=O)(=O)NCCC2CCCC2)sc1Br. The lowest BCUT2D eigenvalue weighted by atomic mass is 10.1. The Hall–Kier alpha value is 0.0900. The molecule has 1 saturated carbocycles. The lowest BCUT2D eigenvalue weighted by molar-refractivity contribution is 0.496. The summed E-state index contributed by atoms with van der Waals surface area (Å²) in [4.78, 5) is 0. The van der Waals surface area contributed by atoms with Gasteiger partial charge in [-0.1, -0.05) is 25.7 Å². The number of rotatable bonds is 5. The summed E-state index contributed by atoms with van der Waals surface area (Å²) < 4.78 is 28.1. The first-order chi connectivity index (χ1) is 8.49. The van der Waals surface area contributed by atoms with Crippen LogP contribution in [0.25, 0.3) is 0 Å². The zero-order valence-corrected chi connectivity index (χ0v) is 13.6. The molecule has 0 atom stereocenters. The second kappa shape index (κ2) is 6.03. The van der Waals surface area contributed by atoms with Gasteiger partial charge in [-0.2, -0.15) is 0 Å². The molecule has 18 heavy (non-hydrogen) atoms. The molecular weight excluding hydrogens is 334 g/mol. The fraction of sp³-hybridized carbons (Fsp3) is 0.667. The standard InChI is InChI=1S/C12H18BrNO2S2/c1-9-8-11(17-12(9)13)18(15,16)14-7-6-10-4-2-3-5-10/h8,10,14H,2-7H2,1H3. The lowest BCUT2D eigenvalue weighted by Gasteiger charge is -2.09. The van der Waals surface area contributed by atoms with Crippen molar-refractivity contribution in [2.75, 3.05) is 6.54 Å². The van der Waals surface area contributed by atoms with Crippen molar-refractivity contribution >= 4 is 37.3 Å². The highest BCUT2D eigenvalue weighted by molar-refractivity contribution is 9.11. The van der Waals surface area contributed by atoms with Crippen molar-refractivity contribution in [3.8, 4) is 0 Å². The molecule has 0 spiro atoms. The van der Waals surface area contributed by atoms with Crippen LogP contribution in [0.5, 0.6) is 0 Å². The number of hydrogen-bond donors (Lipinski definition) is 1. The van der Waals surface area contributed by atoms with E-state index in [0.717, 1.165) is 15.8 Å². The summed E-state index contributed by atoms with van der Waals surface area (Å²) in [5.41, 5.74) is 0.969. The highest BCUT2D eigenvalue weighted by Crippen LogP contribution is 2.31. The van der Waals surface area contributed by atoms with Gasteiger partial charge in [-0.3, -0.25) is 0 Å². The van der Waals surface area contributed by atoms with Crippen LogP contribution < -0.4 is 4.72 Å². The quantitative estimate of drug-likeness (QED) is 0.879. The minimum Gasteiger partial charge on any atom is -0.210 e. The maximum absolute atomic E-state index is 12.0. The zero-order valence-electron chi connectivity index (χ0n) is 10.4. The maximum atomic E-state index is 12.0. The molecular formula is C12H18BrNO2S2. The molecule has 0 bridgehead atoms. The number of aryl methyl sites for hydroxylation is 1. The molecule has 1 aliphatic carbocycles. The molecule has 0 radical (unpaired) electrons. The summed E-state index contributed by atoms with van der Waals surface area (Å²) >= 11 is 4.63. The van der Waals surface area contributed by atoms with Crippen molar-refractivity contribution in [2.24, 2.45) is 5.92 Å². The Kier molecular flexibility index (Phi) is 4.86. The van der Waals surface area contributed by atoms with Crippen LogP contribution in [-0.2, 0) is 10.0 Å². The van der Waals surface area contributed by atoms with Crippen molar-refractivity contribution in [3.05, 3.63) is 15.4 Å². The molecule has 0 saturated heterocycles. The maximum Gasteiger partial charge on any atom is 0.250 e. The first-order valence-electron chi connectivity index (χ1n) is 6.24. The lowest BCUT2D eigenvalue weighted by Crippen LogP contribution is -2.25. The van der Waals surface area contributed by atoms with E-state index in [0.29, 0.717) is 16.7 Å². The third-order valence-electron chi connectivity index (χ3n) is 3.42. The summed E-state index contributed by atoms with van der Waals surface area (Å²) in [6.45, 7) is 2.46. The van der Waals surface area contributed by atoms with E-state index >= 15 is 0 Å². The van der Waals surface area contributed by atoms with Crippen molar-refractivity contribution < 1.29 is 8.42 Å². The molecule has 0 aromatic carbocycles. The second-order valence-electron chi connectivity index (χ2n) is 4.86. The van der Waals surface area contributed by atoms with E-state index in [9.17, 15) is 8.42 Å². The van der Waals surface area contributed by atoms with Gasteiger partial charge in [0.05, 0.1) is 3.79 Å². The van der Waals surface area contributed by atoms with Crippen LogP contribution in [0, 0.1) is 12.8 Å². The highest BCUT2D eigenvalue weighted by atomic mass is 79.9. The van der Waals surface area contributed by atoms with Gasteiger partial charge in [0, 0.05) is 6.54 Å². The Morgan fingerprint density at radius 3 is 2.67 bits per heavy atom. The van der Waals surface area contributed by atoms with Crippen LogP contribution >= 0.6 is 27.3 Å². The van der Waals surface area contributed by atoms with Crippen LogP contribution in [-0.4, -0.2) is 15.0 Å². The minimum atomic E-state index is -3.32. The summed E-state index contributed by atoms with van der Waals surface area (Å²) in [7, 11) is -3.32. The molecule has 3 nitrogen and oxygen atoms in total. The van der Waals surface area contributed by atoms with Crippen LogP contribution in [0.3, 0.4) is 0 Å². The summed E-state index contributed by atoms with van der Waals surface area (Å²) in [5.74, 6) is 0.713. The number of thiophene rings is 1. The Balaban J connectivity index is 1.90. The number of nitrogens with one attached hydrogen (secondary N) is 1. The molecule has 0 aliphatic heterocycles. The first kappa shape index (κ1) is 14.5. The van der Waals surface area contributed by atoms with Gasteiger partial charge in [0.2, 0.25) is 10.0 Å². The monoisotopic (exact) mass is 351 g/mol. The number of halogens is 1. The number of hydrogen-bond acceptors (Lipinski definition) is 3.